The number of nitrogens with zero attached hydrogens (tertiary/aromatic N) is 6. The van der Waals surface area contributed by atoms with Gasteiger partial charge in [-0.05, 0) is 87.9 Å². The van der Waals surface area contributed by atoms with Crippen LogP contribution in [0.3, 0.4) is 0 Å². The van der Waals surface area contributed by atoms with E-state index in [1.807, 2.05) is 0 Å². The van der Waals surface area contributed by atoms with Gasteiger partial charge < -0.3 is 0 Å². The molecule has 16 rings (SSSR count). The molecular formula is C66H38N6S2. The summed E-state index contributed by atoms with van der Waals surface area (Å²) in [7, 11) is 0. The Hall–Kier alpha value is -9.34. The van der Waals surface area contributed by atoms with Crippen LogP contribution < -0.4 is 0 Å². The molecule has 0 unspecified atom stereocenters. The van der Waals surface area contributed by atoms with E-state index >= 15 is 0 Å². The highest BCUT2D eigenvalue weighted by molar-refractivity contribution is 7.26. The molecule has 0 radical (unpaired) electrons. The van der Waals surface area contributed by atoms with E-state index in [0.717, 1.165) is 92.3 Å². The molecule has 5 aromatic heterocycles. The van der Waals surface area contributed by atoms with Gasteiger partial charge in [-0.1, -0.05) is 170 Å². The number of aromatic nitrogens is 6. The Bertz CT molecular complexity index is 4830. The average Bonchev–Trinajstić information content (AvgIpc) is 4.29. The Morgan fingerprint density at radius 3 is 1.61 bits per heavy atom. The van der Waals surface area contributed by atoms with E-state index in [1.54, 1.807) is 22.7 Å². The maximum absolute atomic E-state index is 5.61. The minimum absolute atomic E-state index is 0.570. The number of hydrogen-bond acceptors (Lipinski definition) is 6. The summed E-state index contributed by atoms with van der Waals surface area (Å²) in [5.74, 6) is 2.75. The van der Waals surface area contributed by atoms with E-state index in [-0.39, 0.29) is 0 Å². The zero-order valence-corrected chi connectivity index (χ0v) is 41.1. The first kappa shape index (κ1) is 41.3. The number of fused-ring (bicyclic) bond motifs is 14. The van der Waals surface area contributed by atoms with Gasteiger partial charge in [0.25, 0.3) is 0 Å². The van der Waals surface area contributed by atoms with Crippen molar-refractivity contribution in [1.82, 2.24) is 29.1 Å². The summed E-state index contributed by atoms with van der Waals surface area (Å²) in [6.07, 6.45) is 0. The summed E-state index contributed by atoms with van der Waals surface area (Å²) in [6, 6.07) is 82.6. The molecular weight excluding hydrogens is 941 g/mol. The molecule has 0 atom stereocenters. The molecule has 5 heterocycles. The van der Waals surface area contributed by atoms with E-state index in [0.29, 0.717) is 17.6 Å². The van der Waals surface area contributed by atoms with Gasteiger partial charge in [0.05, 0.1) is 22.1 Å². The van der Waals surface area contributed by atoms with Crippen molar-refractivity contribution in [2.75, 3.05) is 0 Å². The zero-order valence-electron chi connectivity index (χ0n) is 39.4. The minimum atomic E-state index is 0.570. The largest absolute Gasteiger partial charge is 0.292 e. The third kappa shape index (κ3) is 6.16. The maximum atomic E-state index is 5.61. The Kier molecular flexibility index (Phi) is 8.98. The van der Waals surface area contributed by atoms with E-state index < -0.39 is 0 Å². The van der Waals surface area contributed by atoms with Crippen molar-refractivity contribution in [1.29, 1.82) is 0 Å². The first-order valence-electron chi connectivity index (χ1n) is 24.8. The molecule has 0 saturated heterocycles. The van der Waals surface area contributed by atoms with Crippen LogP contribution in [-0.2, 0) is 0 Å². The second kappa shape index (κ2) is 16.1. The number of imidazole rings is 1. The molecule has 0 saturated carbocycles. The van der Waals surface area contributed by atoms with Gasteiger partial charge in [-0.3, -0.25) is 9.13 Å². The van der Waals surface area contributed by atoms with Crippen LogP contribution in [0.4, 0.5) is 0 Å². The van der Waals surface area contributed by atoms with E-state index in [4.69, 9.17) is 19.9 Å². The SMILES string of the molecule is c1ccc(-n2c(-c3ccc(-c4cc5c6c7ccccc7ccc6n(-c6nc(-c7cccc8c7sc7ccccc78)nc(-c7cccc8c7sc7ccccc78)n6)c5c5ccccc45)cc3)nc3ccccc32)cc1. The second-order valence-electron chi connectivity index (χ2n) is 18.9. The third-order valence-electron chi connectivity index (χ3n) is 14.8. The zero-order chi connectivity index (χ0) is 48.4. The fraction of sp³-hybridized carbons (Fsp3) is 0. The lowest BCUT2D eigenvalue weighted by Crippen LogP contribution is -2.07. The van der Waals surface area contributed by atoms with Crippen molar-refractivity contribution >= 4 is 117 Å². The number of benzene rings is 11. The lowest BCUT2D eigenvalue weighted by Gasteiger charge is -2.14. The monoisotopic (exact) mass is 978 g/mol. The van der Waals surface area contributed by atoms with Crippen LogP contribution in [-0.4, -0.2) is 29.1 Å². The lowest BCUT2D eigenvalue weighted by molar-refractivity contribution is 0.957. The predicted molar refractivity (Wildman–Crippen MR) is 311 cm³/mol. The molecule has 16 aromatic rings. The van der Waals surface area contributed by atoms with Crippen LogP contribution in [0.5, 0.6) is 0 Å². The predicted octanol–water partition coefficient (Wildman–Crippen LogP) is 18.0. The molecule has 6 nitrogen and oxygen atoms in total. The Balaban J connectivity index is 0.965. The fourth-order valence-electron chi connectivity index (χ4n) is 11.5. The molecule has 0 aliphatic rings. The van der Waals surface area contributed by atoms with Crippen LogP contribution in [0.15, 0.2) is 231 Å². The Morgan fingerprint density at radius 2 is 0.905 bits per heavy atom. The van der Waals surface area contributed by atoms with Crippen LogP contribution in [0.2, 0.25) is 0 Å². The van der Waals surface area contributed by atoms with Gasteiger partial charge in [0, 0.05) is 78.9 Å². The molecule has 344 valence electrons. The van der Waals surface area contributed by atoms with E-state index in [2.05, 4.69) is 240 Å². The number of thiophene rings is 2. The van der Waals surface area contributed by atoms with Crippen LogP contribution in [0, 0.1) is 0 Å². The molecule has 74 heavy (non-hydrogen) atoms. The lowest BCUT2D eigenvalue weighted by atomic mass is 9.94. The van der Waals surface area contributed by atoms with Crippen molar-refractivity contribution < 1.29 is 0 Å². The Labute approximate surface area is 431 Å². The molecule has 0 bridgehead atoms. The number of rotatable bonds is 6. The van der Waals surface area contributed by atoms with Crippen LogP contribution in [0.1, 0.15) is 0 Å². The topological polar surface area (TPSA) is 61.4 Å². The average molecular weight is 979 g/mol. The standard InChI is InChI=1S/C66H38N6S2/c1-2-17-42(18-3-1)71-55-29-11-10-28-54(55)67-65(71)41-34-32-40(33-35-41)52-38-53-59-43-19-5-4-16-39(43)36-37-56(59)72(60(53)47-23-7-6-20-44(47)52)66-69-63(50-26-14-24-48-45-21-8-12-30-57(45)73-61(48)50)68-64(70-66)51-27-15-25-49-46-22-9-13-31-58(46)74-62(49)51/h1-38H. The molecule has 0 aliphatic heterocycles. The molecule has 0 aliphatic carbocycles. The number of para-hydroxylation sites is 3. The van der Waals surface area contributed by atoms with Gasteiger partial charge >= 0.3 is 0 Å². The summed E-state index contributed by atoms with van der Waals surface area (Å²) in [4.78, 5) is 21.9. The molecule has 0 amide bonds. The molecule has 0 spiro atoms. The molecule has 0 N–H and O–H groups in total. The number of hydrogen-bond donors (Lipinski definition) is 0. The summed E-state index contributed by atoms with van der Waals surface area (Å²) < 4.78 is 9.35. The third-order valence-corrected chi connectivity index (χ3v) is 17.2. The molecule has 11 aromatic carbocycles. The second-order valence-corrected chi connectivity index (χ2v) is 21.0. The van der Waals surface area contributed by atoms with Gasteiger partial charge in [0.1, 0.15) is 5.82 Å². The van der Waals surface area contributed by atoms with Crippen molar-refractivity contribution in [3.05, 3.63) is 231 Å². The maximum Gasteiger partial charge on any atom is 0.238 e. The van der Waals surface area contributed by atoms with Gasteiger partial charge in [0.2, 0.25) is 5.95 Å². The minimum Gasteiger partial charge on any atom is -0.292 e. The first-order chi connectivity index (χ1) is 36.7. The van der Waals surface area contributed by atoms with Crippen molar-refractivity contribution in [3.63, 3.8) is 0 Å². The van der Waals surface area contributed by atoms with Crippen LogP contribution >= 0.6 is 22.7 Å². The van der Waals surface area contributed by atoms with Crippen molar-refractivity contribution in [2.24, 2.45) is 0 Å². The van der Waals surface area contributed by atoms with Gasteiger partial charge in [-0.15, -0.1) is 22.7 Å². The quantitative estimate of drug-likeness (QED) is 0.167. The van der Waals surface area contributed by atoms with Crippen molar-refractivity contribution in [3.8, 4) is 56.9 Å². The molecule has 0 fully saturated rings. The van der Waals surface area contributed by atoms with Gasteiger partial charge in [-0.2, -0.15) is 9.97 Å². The fourth-order valence-corrected chi connectivity index (χ4v) is 13.9. The van der Waals surface area contributed by atoms with E-state index in [9.17, 15) is 0 Å². The highest BCUT2D eigenvalue weighted by Gasteiger charge is 2.25. The summed E-state index contributed by atoms with van der Waals surface area (Å²) in [5.41, 5.74) is 10.5. The summed E-state index contributed by atoms with van der Waals surface area (Å²) in [5, 5.41) is 11.7. The van der Waals surface area contributed by atoms with E-state index in [1.165, 1.54) is 41.7 Å². The highest BCUT2D eigenvalue weighted by Crippen LogP contribution is 2.46. The summed E-state index contributed by atoms with van der Waals surface area (Å²) in [6.45, 7) is 0. The first-order valence-corrected chi connectivity index (χ1v) is 26.4. The van der Waals surface area contributed by atoms with Gasteiger partial charge in [0.15, 0.2) is 11.6 Å². The summed E-state index contributed by atoms with van der Waals surface area (Å²) >= 11 is 3.58. The molecule has 8 heteroatoms. The van der Waals surface area contributed by atoms with Gasteiger partial charge in [-0.25, -0.2) is 9.97 Å². The smallest absolute Gasteiger partial charge is 0.238 e. The van der Waals surface area contributed by atoms with Crippen LogP contribution in [0.25, 0.3) is 152 Å². The Morgan fingerprint density at radius 1 is 0.338 bits per heavy atom. The highest BCUT2D eigenvalue weighted by atomic mass is 32.1. The normalized spacial score (nSPS) is 12.1. The van der Waals surface area contributed by atoms with Crippen molar-refractivity contribution in [2.45, 2.75) is 0 Å².